The van der Waals surface area contributed by atoms with Gasteiger partial charge in [0.1, 0.15) is 5.75 Å². The lowest BCUT2D eigenvalue weighted by Gasteiger charge is -2.17. The van der Waals surface area contributed by atoms with E-state index in [0.29, 0.717) is 6.42 Å². The molecule has 0 heterocycles. The number of ether oxygens (including phenoxy) is 1. The summed E-state index contributed by atoms with van der Waals surface area (Å²) in [7, 11) is 3.34. The summed E-state index contributed by atoms with van der Waals surface area (Å²) in [5, 5.41) is 6.01. The Kier molecular flexibility index (Phi) is 6.22. The summed E-state index contributed by atoms with van der Waals surface area (Å²) in [6.07, 6.45) is 1.39. The molecule has 4 nitrogen and oxygen atoms in total. The van der Waals surface area contributed by atoms with E-state index in [2.05, 4.69) is 23.6 Å². The fourth-order valence-electron chi connectivity index (χ4n) is 1.83. The van der Waals surface area contributed by atoms with Crippen LogP contribution in [0.3, 0.4) is 0 Å². The smallest absolute Gasteiger partial charge is 0.219 e. The first-order valence-corrected chi connectivity index (χ1v) is 6.26. The van der Waals surface area contributed by atoms with Crippen molar-refractivity contribution in [3.8, 4) is 5.75 Å². The second-order valence-electron chi connectivity index (χ2n) is 4.19. The molecular formula is C14H22N2O2. The van der Waals surface area contributed by atoms with Gasteiger partial charge in [-0.1, -0.05) is 18.2 Å². The topological polar surface area (TPSA) is 50.4 Å². The standard InChI is InChI=1S/C14H22N2O2/c1-11(16-10-6-9-14(17)15-2)12-7-4-5-8-13(12)18-3/h4-5,7-8,11,16H,6,9-10H2,1-3H3,(H,15,17)/t11-/m0/s1. The van der Waals surface area contributed by atoms with Crippen LogP contribution >= 0.6 is 0 Å². The third-order valence-electron chi connectivity index (χ3n) is 2.92. The zero-order valence-corrected chi connectivity index (χ0v) is 11.3. The van der Waals surface area contributed by atoms with E-state index in [1.807, 2.05) is 18.2 Å². The molecule has 0 radical (unpaired) electrons. The van der Waals surface area contributed by atoms with Gasteiger partial charge in [0.25, 0.3) is 0 Å². The molecule has 1 rings (SSSR count). The van der Waals surface area contributed by atoms with E-state index in [1.165, 1.54) is 0 Å². The Morgan fingerprint density at radius 3 is 2.78 bits per heavy atom. The van der Waals surface area contributed by atoms with Gasteiger partial charge in [-0.15, -0.1) is 0 Å². The normalized spacial score (nSPS) is 11.9. The molecule has 2 N–H and O–H groups in total. The molecule has 1 amide bonds. The van der Waals surface area contributed by atoms with Crippen molar-refractivity contribution in [1.29, 1.82) is 0 Å². The van der Waals surface area contributed by atoms with Crippen molar-refractivity contribution in [1.82, 2.24) is 10.6 Å². The fraction of sp³-hybridized carbons (Fsp3) is 0.500. The van der Waals surface area contributed by atoms with Gasteiger partial charge in [0, 0.05) is 25.1 Å². The quantitative estimate of drug-likeness (QED) is 0.726. The van der Waals surface area contributed by atoms with Gasteiger partial charge in [-0.2, -0.15) is 0 Å². The highest BCUT2D eigenvalue weighted by Gasteiger charge is 2.09. The van der Waals surface area contributed by atoms with Gasteiger partial charge in [-0.05, 0) is 26.0 Å². The van der Waals surface area contributed by atoms with Crippen molar-refractivity contribution in [3.05, 3.63) is 29.8 Å². The molecule has 18 heavy (non-hydrogen) atoms. The summed E-state index contributed by atoms with van der Waals surface area (Å²) in [5.74, 6) is 0.977. The first-order chi connectivity index (χ1) is 8.69. The number of nitrogens with one attached hydrogen (secondary N) is 2. The molecule has 0 aliphatic heterocycles. The Hall–Kier alpha value is -1.55. The van der Waals surface area contributed by atoms with E-state index < -0.39 is 0 Å². The van der Waals surface area contributed by atoms with Crippen LogP contribution in [0.15, 0.2) is 24.3 Å². The Balaban J connectivity index is 2.40. The van der Waals surface area contributed by atoms with Crippen molar-refractivity contribution in [2.24, 2.45) is 0 Å². The number of hydrogen-bond acceptors (Lipinski definition) is 3. The van der Waals surface area contributed by atoms with E-state index in [0.717, 1.165) is 24.3 Å². The maximum absolute atomic E-state index is 11.1. The lowest BCUT2D eigenvalue weighted by Crippen LogP contribution is -2.23. The Labute approximate surface area is 109 Å². The van der Waals surface area contributed by atoms with Crippen LogP contribution in [-0.2, 0) is 4.79 Å². The molecule has 0 fully saturated rings. The lowest BCUT2D eigenvalue weighted by atomic mass is 10.1. The van der Waals surface area contributed by atoms with E-state index in [9.17, 15) is 4.79 Å². The van der Waals surface area contributed by atoms with Crippen molar-refractivity contribution in [2.45, 2.75) is 25.8 Å². The number of para-hydroxylation sites is 1. The molecular weight excluding hydrogens is 228 g/mol. The van der Waals surface area contributed by atoms with Crippen LogP contribution in [0, 0.1) is 0 Å². The highest BCUT2D eigenvalue weighted by Crippen LogP contribution is 2.24. The van der Waals surface area contributed by atoms with E-state index in [1.54, 1.807) is 14.2 Å². The minimum atomic E-state index is 0.0849. The number of carbonyl (C=O) groups excluding carboxylic acids is 1. The highest BCUT2D eigenvalue weighted by atomic mass is 16.5. The summed E-state index contributed by atoms with van der Waals surface area (Å²) in [6.45, 7) is 2.91. The number of amides is 1. The summed E-state index contributed by atoms with van der Waals surface area (Å²) in [6, 6.07) is 8.18. The SMILES string of the molecule is CNC(=O)CCCN[C@@H](C)c1ccccc1OC. The van der Waals surface area contributed by atoms with Gasteiger partial charge in [0.2, 0.25) is 5.91 Å². The highest BCUT2D eigenvalue weighted by molar-refractivity contribution is 5.75. The number of rotatable bonds is 7. The van der Waals surface area contributed by atoms with Crippen LogP contribution in [0.5, 0.6) is 5.75 Å². The second kappa shape index (κ2) is 7.71. The predicted octanol–water partition coefficient (Wildman–Crippen LogP) is 1.87. The third-order valence-corrected chi connectivity index (χ3v) is 2.92. The molecule has 0 aliphatic rings. The van der Waals surface area contributed by atoms with Crippen LogP contribution in [0.25, 0.3) is 0 Å². The van der Waals surface area contributed by atoms with Crippen molar-refractivity contribution in [3.63, 3.8) is 0 Å². The largest absolute Gasteiger partial charge is 0.496 e. The molecule has 0 unspecified atom stereocenters. The molecule has 0 saturated heterocycles. The Morgan fingerprint density at radius 2 is 2.11 bits per heavy atom. The number of carbonyl (C=O) groups is 1. The molecule has 0 bridgehead atoms. The third kappa shape index (κ3) is 4.37. The molecule has 1 atom stereocenters. The number of benzene rings is 1. The monoisotopic (exact) mass is 250 g/mol. The predicted molar refractivity (Wildman–Crippen MR) is 72.7 cm³/mol. The van der Waals surface area contributed by atoms with E-state index >= 15 is 0 Å². The van der Waals surface area contributed by atoms with Crippen molar-refractivity contribution in [2.75, 3.05) is 20.7 Å². The lowest BCUT2D eigenvalue weighted by molar-refractivity contribution is -0.120. The first-order valence-electron chi connectivity index (χ1n) is 6.26. The number of hydrogen-bond donors (Lipinski definition) is 2. The summed E-state index contributed by atoms with van der Waals surface area (Å²) in [5.41, 5.74) is 1.14. The molecule has 0 aliphatic carbocycles. The molecule has 0 spiro atoms. The minimum absolute atomic E-state index is 0.0849. The second-order valence-corrected chi connectivity index (χ2v) is 4.19. The van der Waals surface area contributed by atoms with Gasteiger partial charge in [-0.25, -0.2) is 0 Å². The van der Waals surface area contributed by atoms with Crippen molar-refractivity contribution >= 4 is 5.91 Å². The summed E-state index contributed by atoms with van der Waals surface area (Å²) >= 11 is 0. The van der Waals surface area contributed by atoms with Crippen LogP contribution < -0.4 is 15.4 Å². The van der Waals surface area contributed by atoms with Crippen molar-refractivity contribution < 1.29 is 9.53 Å². The minimum Gasteiger partial charge on any atom is -0.496 e. The number of methoxy groups -OCH3 is 1. The van der Waals surface area contributed by atoms with Gasteiger partial charge < -0.3 is 15.4 Å². The first kappa shape index (κ1) is 14.5. The maximum Gasteiger partial charge on any atom is 0.219 e. The van der Waals surface area contributed by atoms with Gasteiger partial charge in [0.15, 0.2) is 0 Å². The summed E-state index contributed by atoms with van der Waals surface area (Å²) in [4.78, 5) is 11.1. The molecule has 1 aromatic rings. The zero-order chi connectivity index (χ0) is 13.4. The average molecular weight is 250 g/mol. The summed E-state index contributed by atoms with van der Waals surface area (Å²) < 4.78 is 5.32. The average Bonchev–Trinajstić information content (AvgIpc) is 2.42. The van der Waals surface area contributed by atoms with Gasteiger partial charge >= 0.3 is 0 Å². The van der Waals surface area contributed by atoms with Crippen LogP contribution in [0.4, 0.5) is 0 Å². The molecule has 0 aromatic heterocycles. The van der Waals surface area contributed by atoms with E-state index in [4.69, 9.17) is 4.74 Å². The zero-order valence-electron chi connectivity index (χ0n) is 11.3. The van der Waals surface area contributed by atoms with Gasteiger partial charge in [-0.3, -0.25) is 4.79 Å². The Bertz CT molecular complexity index is 380. The van der Waals surface area contributed by atoms with Gasteiger partial charge in [0.05, 0.1) is 7.11 Å². The molecule has 0 saturated carbocycles. The maximum atomic E-state index is 11.1. The fourth-order valence-corrected chi connectivity index (χ4v) is 1.83. The Morgan fingerprint density at radius 1 is 1.39 bits per heavy atom. The van der Waals surface area contributed by atoms with E-state index in [-0.39, 0.29) is 11.9 Å². The van der Waals surface area contributed by atoms with Crippen LogP contribution in [0.2, 0.25) is 0 Å². The van der Waals surface area contributed by atoms with Crippen LogP contribution in [-0.4, -0.2) is 26.6 Å². The molecule has 4 heteroatoms. The molecule has 1 aromatic carbocycles. The molecule has 100 valence electrons. The van der Waals surface area contributed by atoms with Crippen LogP contribution in [0.1, 0.15) is 31.4 Å².